The Bertz CT molecular complexity index is 1050. The second kappa shape index (κ2) is 7.67. The zero-order valence-corrected chi connectivity index (χ0v) is 17.0. The van der Waals surface area contributed by atoms with Crippen LogP contribution in [0.5, 0.6) is 5.75 Å². The number of carbonyl (C=O) groups excluding carboxylic acids is 1. The van der Waals surface area contributed by atoms with Crippen molar-refractivity contribution in [1.29, 1.82) is 0 Å². The summed E-state index contributed by atoms with van der Waals surface area (Å²) < 4.78 is 11.2. The molecule has 3 aromatic rings. The van der Waals surface area contributed by atoms with Gasteiger partial charge in [0.05, 0.1) is 7.11 Å². The van der Waals surface area contributed by atoms with Gasteiger partial charge < -0.3 is 14.5 Å². The second-order valence-electron chi connectivity index (χ2n) is 6.31. The Morgan fingerprint density at radius 2 is 1.78 bits per heavy atom. The number of anilines is 1. The van der Waals surface area contributed by atoms with E-state index >= 15 is 0 Å². The van der Waals surface area contributed by atoms with E-state index in [1.807, 2.05) is 32.9 Å². The second-order valence-corrected chi connectivity index (χ2v) is 7.18. The Morgan fingerprint density at radius 3 is 2.41 bits per heavy atom. The fourth-order valence-corrected chi connectivity index (χ4v) is 3.45. The number of ether oxygens (including phenoxy) is 1. The number of benzene rings is 2. The number of methoxy groups -OCH3 is 1. The Kier molecular flexibility index (Phi) is 5.49. The highest BCUT2D eigenvalue weighted by molar-refractivity contribution is 6.35. The molecule has 3 rings (SSSR count). The number of hydrogen-bond acceptors (Lipinski definition) is 3. The van der Waals surface area contributed by atoms with Gasteiger partial charge in [-0.15, -0.1) is 0 Å². The molecule has 0 saturated carbocycles. The van der Waals surface area contributed by atoms with Crippen LogP contribution in [0.25, 0.3) is 16.5 Å². The van der Waals surface area contributed by atoms with E-state index in [-0.39, 0.29) is 5.91 Å². The molecule has 0 aliphatic rings. The topological polar surface area (TPSA) is 51.5 Å². The van der Waals surface area contributed by atoms with Gasteiger partial charge in [-0.05, 0) is 56.2 Å². The molecule has 0 fully saturated rings. The molecule has 1 heterocycles. The standard InChI is InChI=1S/C21H19Cl2NO3/c1-11(5-21(25)24-16-7-14(22)6-15(23)8-16)17-9-18-12(2)13(3)27-20(18)10-19(17)26-4/h5-10H,1-4H3,(H,24,25)/b11-5+. The van der Waals surface area contributed by atoms with Gasteiger partial charge in [-0.2, -0.15) is 0 Å². The first-order valence-corrected chi connectivity index (χ1v) is 9.07. The minimum Gasteiger partial charge on any atom is -0.496 e. The summed E-state index contributed by atoms with van der Waals surface area (Å²) in [5, 5.41) is 4.68. The number of allylic oxidation sites excluding steroid dienone is 1. The number of nitrogens with one attached hydrogen (secondary N) is 1. The average Bonchev–Trinajstić information content (AvgIpc) is 2.86. The lowest BCUT2D eigenvalue weighted by atomic mass is 10.0. The monoisotopic (exact) mass is 403 g/mol. The van der Waals surface area contributed by atoms with Crippen LogP contribution in [0, 0.1) is 13.8 Å². The van der Waals surface area contributed by atoms with Crippen LogP contribution in [0.15, 0.2) is 40.8 Å². The average molecular weight is 404 g/mol. The molecular formula is C21H19Cl2NO3. The molecule has 4 nitrogen and oxygen atoms in total. The van der Waals surface area contributed by atoms with E-state index < -0.39 is 0 Å². The number of furan rings is 1. The molecule has 0 aliphatic carbocycles. The maximum atomic E-state index is 12.4. The minimum atomic E-state index is -0.284. The van der Waals surface area contributed by atoms with Gasteiger partial charge in [0.15, 0.2) is 0 Å². The molecule has 0 atom stereocenters. The maximum absolute atomic E-state index is 12.4. The lowest BCUT2D eigenvalue weighted by molar-refractivity contribution is -0.111. The van der Waals surface area contributed by atoms with Crippen molar-refractivity contribution >= 4 is 51.3 Å². The van der Waals surface area contributed by atoms with Crippen molar-refractivity contribution in [3.63, 3.8) is 0 Å². The van der Waals surface area contributed by atoms with Crippen LogP contribution in [0.3, 0.4) is 0 Å². The van der Waals surface area contributed by atoms with Crippen LogP contribution in [0.4, 0.5) is 5.69 Å². The maximum Gasteiger partial charge on any atom is 0.248 e. The first-order chi connectivity index (χ1) is 12.8. The zero-order valence-electron chi connectivity index (χ0n) is 15.4. The Morgan fingerprint density at radius 1 is 1.11 bits per heavy atom. The minimum absolute atomic E-state index is 0.284. The molecule has 0 bridgehead atoms. The predicted octanol–water partition coefficient (Wildman–Crippen LogP) is 6.41. The summed E-state index contributed by atoms with van der Waals surface area (Å²) in [7, 11) is 1.59. The van der Waals surface area contributed by atoms with Crippen molar-refractivity contribution in [3.05, 3.63) is 63.3 Å². The van der Waals surface area contributed by atoms with Gasteiger partial charge >= 0.3 is 0 Å². The largest absolute Gasteiger partial charge is 0.496 e. The lowest BCUT2D eigenvalue weighted by Crippen LogP contribution is -2.08. The van der Waals surface area contributed by atoms with Crippen LogP contribution in [-0.2, 0) is 4.79 Å². The van der Waals surface area contributed by atoms with E-state index in [4.69, 9.17) is 32.4 Å². The fraction of sp³-hybridized carbons (Fsp3) is 0.190. The van der Waals surface area contributed by atoms with Crippen LogP contribution in [0.2, 0.25) is 10.0 Å². The van der Waals surface area contributed by atoms with E-state index in [1.54, 1.807) is 25.3 Å². The Labute approximate surface area is 167 Å². The van der Waals surface area contributed by atoms with Gasteiger partial charge in [0.2, 0.25) is 5.91 Å². The first-order valence-electron chi connectivity index (χ1n) is 8.32. The molecule has 1 N–H and O–H groups in total. The number of carbonyl (C=O) groups is 1. The zero-order chi connectivity index (χ0) is 19.7. The van der Waals surface area contributed by atoms with Crippen LogP contribution < -0.4 is 10.1 Å². The van der Waals surface area contributed by atoms with Crippen molar-refractivity contribution in [2.45, 2.75) is 20.8 Å². The molecule has 1 amide bonds. The van der Waals surface area contributed by atoms with Crippen LogP contribution in [-0.4, -0.2) is 13.0 Å². The van der Waals surface area contributed by atoms with Crippen molar-refractivity contribution < 1.29 is 13.9 Å². The Balaban J connectivity index is 1.94. The van der Waals surface area contributed by atoms with E-state index in [0.717, 1.165) is 33.4 Å². The fourth-order valence-electron chi connectivity index (χ4n) is 2.93. The highest BCUT2D eigenvalue weighted by atomic mass is 35.5. The molecule has 2 aromatic carbocycles. The SMILES string of the molecule is COc1cc2oc(C)c(C)c2cc1/C(C)=C/C(=O)Nc1cc(Cl)cc(Cl)c1. The summed E-state index contributed by atoms with van der Waals surface area (Å²) in [4.78, 5) is 12.4. The molecule has 0 unspecified atom stereocenters. The van der Waals surface area contributed by atoms with Crippen molar-refractivity contribution in [2.75, 3.05) is 12.4 Å². The number of amides is 1. The molecule has 0 spiro atoms. The number of halogens is 2. The molecule has 6 heteroatoms. The van der Waals surface area contributed by atoms with E-state index in [0.29, 0.717) is 21.5 Å². The van der Waals surface area contributed by atoms with E-state index in [1.165, 1.54) is 6.08 Å². The summed E-state index contributed by atoms with van der Waals surface area (Å²) >= 11 is 11.9. The third-order valence-corrected chi connectivity index (χ3v) is 4.84. The number of rotatable bonds is 4. The highest BCUT2D eigenvalue weighted by Gasteiger charge is 2.14. The number of hydrogen-bond donors (Lipinski definition) is 1. The summed E-state index contributed by atoms with van der Waals surface area (Å²) in [5.74, 6) is 1.22. The van der Waals surface area contributed by atoms with Gasteiger partial charge in [-0.1, -0.05) is 23.2 Å². The summed E-state index contributed by atoms with van der Waals surface area (Å²) in [6, 6.07) is 8.71. The van der Waals surface area contributed by atoms with Gasteiger partial charge in [0, 0.05) is 38.8 Å². The first kappa shape index (κ1) is 19.3. The molecular weight excluding hydrogens is 385 g/mol. The van der Waals surface area contributed by atoms with Gasteiger partial charge in [-0.3, -0.25) is 4.79 Å². The summed E-state index contributed by atoms with van der Waals surface area (Å²) in [6.45, 7) is 5.79. The van der Waals surface area contributed by atoms with Crippen molar-refractivity contribution in [2.24, 2.45) is 0 Å². The Hall–Kier alpha value is -2.43. The summed E-state index contributed by atoms with van der Waals surface area (Å²) in [5.41, 5.74) is 3.95. The highest BCUT2D eigenvalue weighted by Crippen LogP contribution is 2.34. The predicted molar refractivity (Wildman–Crippen MR) is 111 cm³/mol. The van der Waals surface area contributed by atoms with Crippen LogP contribution >= 0.6 is 23.2 Å². The molecule has 0 aliphatic heterocycles. The normalized spacial score (nSPS) is 11.7. The molecule has 0 radical (unpaired) electrons. The number of aryl methyl sites for hydroxylation is 2. The smallest absolute Gasteiger partial charge is 0.248 e. The van der Waals surface area contributed by atoms with E-state index in [2.05, 4.69) is 5.32 Å². The molecule has 140 valence electrons. The molecule has 1 aromatic heterocycles. The van der Waals surface area contributed by atoms with Crippen LogP contribution in [0.1, 0.15) is 23.8 Å². The quantitative estimate of drug-likeness (QED) is 0.512. The van der Waals surface area contributed by atoms with Gasteiger partial charge in [0.25, 0.3) is 0 Å². The van der Waals surface area contributed by atoms with Crippen molar-refractivity contribution in [1.82, 2.24) is 0 Å². The van der Waals surface area contributed by atoms with E-state index in [9.17, 15) is 4.79 Å². The van der Waals surface area contributed by atoms with Gasteiger partial charge in [-0.25, -0.2) is 0 Å². The lowest BCUT2D eigenvalue weighted by Gasteiger charge is -2.10. The van der Waals surface area contributed by atoms with Crippen molar-refractivity contribution in [3.8, 4) is 5.75 Å². The third kappa shape index (κ3) is 4.12. The summed E-state index contributed by atoms with van der Waals surface area (Å²) in [6.07, 6.45) is 1.51. The molecule has 27 heavy (non-hydrogen) atoms. The number of fused-ring (bicyclic) bond motifs is 1. The third-order valence-electron chi connectivity index (χ3n) is 4.40. The van der Waals surface area contributed by atoms with Gasteiger partial charge in [0.1, 0.15) is 17.1 Å². The molecule has 0 saturated heterocycles.